The molecule has 0 bridgehead atoms. The summed E-state index contributed by atoms with van der Waals surface area (Å²) < 4.78 is 5.50. The zero-order valence-corrected chi connectivity index (χ0v) is 14.1. The van der Waals surface area contributed by atoms with Gasteiger partial charge >= 0.3 is 0 Å². The largest absolute Gasteiger partial charge is 0.508 e. The molecular formula is C20H23NO2. The van der Waals surface area contributed by atoms with E-state index in [1.165, 1.54) is 5.57 Å². The molecule has 3 heteroatoms. The number of rotatable bonds is 3. The lowest BCUT2D eigenvalue weighted by atomic mass is 9.88. The van der Waals surface area contributed by atoms with E-state index >= 15 is 0 Å². The highest BCUT2D eigenvalue weighted by Crippen LogP contribution is 2.41. The van der Waals surface area contributed by atoms with E-state index < -0.39 is 0 Å². The molecule has 1 heterocycles. The number of fused-ring (bicyclic) bond motifs is 1. The topological polar surface area (TPSA) is 32.7 Å². The van der Waals surface area contributed by atoms with Gasteiger partial charge in [0.05, 0.1) is 12.6 Å². The average Bonchev–Trinajstić information content (AvgIpc) is 2.51. The Bertz CT molecular complexity index is 762. The van der Waals surface area contributed by atoms with E-state index in [-0.39, 0.29) is 5.54 Å². The summed E-state index contributed by atoms with van der Waals surface area (Å²) in [4.78, 5) is 2.35. The maximum Gasteiger partial charge on any atom is 0.123 e. The van der Waals surface area contributed by atoms with Crippen LogP contribution < -0.4 is 9.64 Å². The molecule has 1 aliphatic heterocycles. The van der Waals surface area contributed by atoms with Gasteiger partial charge in [0.25, 0.3) is 0 Å². The predicted octanol–water partition coefficient (Wildman–Crippen LogP) is 4.60. The second kappa shape index (κ2) is 5.65. The van der Waals surface area contributed by atoms with E-state index in [0.29, 0.717) is 5.75 Å². The number of phenolic OH excluding ortho intramolecular Hbond substituents is 1. The third-order valence-corrected chi connectivity index (χ3v) is 4.48. The van der Waals surface area contributed by atoms with Gasteiger partial charge in [-0.2, -0.15) is 0 Å². The molecule has 0 aromatic heterocycles. The Hall–Kier alpha value is -2.42. The molecule has 0 aliphatic carbocycles. The second-order valence-electron chi connectivity index (χ2n) is 6.58. The summed E-state index contributed by atoms with van der Waals surface area (Å²) in [5.74, 6) is 1.20. The Morgan fingerprint density at radius 3 is 2.61 bits per heavy atom. The highest BCUT2D eigenvalue weighted by molar-refractivity contribution is 5.82. The van der Waals surface area contributed by atoms with Crippen molar-refractivity contribution in [1.29, 1.82) is 0 Å². The molecule has 0 radical (unpaired) electrons. The molecule has 23 heavy (non-hydrogen) atoms. The fraction of sp³-hybridized carbons (Fsp3) is 0.300. The highest BCUT2D eigenvalue weighted by atomic mass is 16.5. The fourth-order valence-corrected chi connectivity index (χ4v) is 3.36. The zero-order chi connectivity index (χ0) is 16.6. The number of nitrogens with zero attached hydrogens (tertiary/aromatic N) is 1. The number of methoxy groups -OCH3 is 1. The third kappa shape index (κ3) is 2.79. The Kier molecular flexibility index (Phi) is 3.80. The van der Waals surface area contributed by atoms with Crippen LogP contribution in [0.15, 0.2) is 48.5 Å². The molecule has 0 atom stereocenters. The van der Waals surface area contributed by atoms with Crippen LogP contribution in [0.1, 0.15) is 31.9 Å². The minimum absolute atomic E-state index is 0.116. The molecule has 3 rings (SSSR count). The minimum atomic E-state index is -0.116. The molecular weight excluding hydrogens is 286 g/mol. The lowest BCUT2D eigenvalue weighted by Crippen LogP contribution is -2.44. The Morgan fingerprint density at radius 1 is 1.13 bits per heavy atom. The number of allylic oxidation sites excluding steroid dienone is 1. The first-order valence-electron chi connectivity index (χ1n) is 7.85. The van der Waals surface area contributed by atoms with E-state index in [1.54, 1.807) is 13.2 Å². The lowest BCUT2D eigenvalue weighted by molar-refractivity contribution is 0.407. The molecule has 3 nitrogen and oxygen atoms in total. The van der Waals surface area contributed by atoms with E-state index in [4.69, 9.17) is 4.74 Å². The van der Waals surface area contributed by atoms with Gasteiger partial charge in [-0.25, -0.2) is 0 Å². The van der Waals surface area contributed by atoms with Crippen molar-refractivity contribution in [3.63, 3.8) is 0 Å². The van der Waals surface area contributed by atoms with Gasteiger partial charge in [-0.1, -0.05) is 24.3 Å². The summed E-state index contributed by atoms with van der Waals surface area (Å²) in [5, 5.41) is 9.83. The van der Waals surface area contributed by atoms with Crippen molar-refractivity contribution in [3.05, 3.63) is 59.7 Å². The smallest absolute Gasteiger partial charge is 0.123 e. The molecule has 0 saturated carbocycles. The number of hydrogen-bond acceptors (Lipinski definition) is 3. The van der Waals surface area contributed by atoms with E-state index in [0.717, 1.165) is 29.1 Å². The van der Waals surface area contributed by atoms with Crippen molar-refractivity contribution in [3.8, 4) is 11.5 Å². The number of benzene rings is 2. The zero-order valence-electron chi connectivity index (χ0n) is 14.1. The van der Waals surface area contributed by atoms with Crippen LogP contribution in [0.2, 0.25) is 0 Å². The molecule has 0 unspecified atom stereocenters. The van der Waals surface area contributed by atoms with Crippen LogP contribution >= 0.6 is 0 Å². The first-order chi connectivity index (χ1) is 10.9. The standard InChI is InChI=1S/C20H23NO2/c1-14-12-20(2,3)21(18-10-9-16(22)11-17(14)18)13-15-7-5-6-8-19(15)23-4/h5-12,22H,13H2,1-4H3. The first kappa shape index (κ1) is 15.5. The molecule has 120 valence electrons. The molecule has 0 spiro atoms. The quantitative estimate of drug-likeness (QED) is 0.899. The van der Waals surface area contributed by atoms with Crippen LogP contribution in [-0.2, 0) is 6.54 Å². The SMILES string of the molecule is COc1ccccc1CN1c2ccc(O)cc2C(C)=CC1(C)C. The molecule has 0 saturated heterocycles. The fourth-order valence-electron chi connectivity index (χ4n) is 3.36. The van der Waals surface area contributed by atoms with Gasteiger partial charge in [0, 0.05) is 23.4 Å². The average molecular weight is 309 g/mol. The second-order valence-corrected chi connectivity index (χ2v) is 6.58. The Labute approximate surface area is 137 Å². The number of hydrogen-bond donors (Lipinski definition) is 1. The summed E-state index contributed by atoms with van der Waals surface area (Å²) in [7, 11) is 1.70. The summed E-state index contributed by atoms with van der Waals surface area (Å²) in [6, 6.07) is 13.7. The van der Waals surface area contributed by atoms with Crippen LogP contribution in [0, 0.1) is 0 Å². The first-order valence-corrected chi connectivity index (χ1v) is 7.85. The van der Waals surface area contributed by atoms with Crippen molar-refractivity contribution in [2.45, 2.75) is 32.9 Å². The van der Waals surface area contributed by atoms with E-state index in [2.05, 4.69) is 37.8 Å². The molecule has 2 aromatic rings. The Balaban J connectivity index is 2.07. The number of phenols is 1. The minimum Gasteiger partial charge on any atom is -0.508 e. The summed E-state index contributed by atoms with van der Waals surface area (Å²) in [6.07, 6.45) is 2.25. The van der Waals surface area contributed by atoms with Gasteiger partial charge in [0.15, 0.2) is 0 Å². The monoisotopic (exact) mass is 309 g/mol. The van der Waals surface area contributed by atoms with Crippen LogP contribution in [0.3, 0.4) is 0 Å². The number of para-hydroxylation sites is 1. The predicted molar refractivity (Wildman–Crippen MR) is 95.0 cm³/mol. The van der Waals surface area contributed by atoms with Gasteiger partial charge in [-0.3, -0.25) is 0 Å². The molecule has 0 fully saturated rings. The molecule has 2 aromatic carbocycles. The van der Waals surface area contributed by atoms with Gasteiger partial charge in [0.1, 0.15) is 11.5 Å². The van der Waals surface area contributed by atoms with E-state index in [9.17, 15) is 5.11 Å². The maximum atomic E-state index is 9.83. The van der Waals surface area contributed by atoms with Crippen molar-refractivity contribution >= 4 is 11.3 Å². The van der Waals surface area contributed by atoms with Gasteiger partial charge in [-0.15, -0.1) is 0 Å². The molecule has 1 aliphatic rings. The van der Waals surface area contributed by atoms with Gasteiger partial charge < -0.3 is 14.7 Å². The van der Waals surface area contributed by atoms with Gasteiger partial charge in [-0.05, 0) is 50.6 Å². The third-order valence-electron chi connectivity index (χ3n) is 4.48. The lowest BCUT2D eigenvalue weighted by Gasteiger charge is -2.43. The number of ether oxygens (including phenoxy) is 1. The molecule has 1 N–H and O–H groups in total. The van der Waals surface area contributed by atoms with Crippen molar-refractivity contribution < 1.29 is 9.84 Å². The maximum absolute atomic E-state index is 9.83. The number of aromatic hydroxyl groups is 1. The van der Waals surface area contributed by atoms with Crippen molar-refractivity contribution in [2.24, 2.45) is 0 Å². The normalized spacial score (nSPS) is 15.8. The van der Waals surface area contributed by atoms with Gasteiger partial charge in [0.2, 0.25) is 0 Å². The van der Waals surface area contributed by atoms with Crippen LogP contribution in [0.4, 0.5) is 5.69 Å². The van der Waals surface area contributed by atoms with Crippen LogP contribution in [0.25, 0.3) is 5.57 Å². The van der Waals surface area contributed by atoms with E-state index in [1.807, 2.05) is 30.3 Å². The van der Waals surface area contributed by atoms with Crippen molar-refractivity contribution in [1.82, 2.24) is 0 Å². The van der Waals surface area contributed by atoms with Crippen molar-refractivity contribution in [2.75, 3.05) is 12.0 Å². The summed E-state index contributed by atoms with van der Waals surface area (Å²) >= 11 is 0. The molecule has 0 amide bonds. The van der Waals surface area contributed by atoms with Crippen LogP contribution in [-0.4, -0.2) is 17.8 Å². The van der Waals surface area contributed by atoms with Crippen LogP contribution in [0.5, 0.6) is 11.5 Å². The highest BCUT2D eigenvalue weighted by Gasteiger charge is 2.31. The Morgan fingerprint density at radius 2 is 1.87 bits per heavy atom. The summed E-state index contributed by atoms with van der Waals surface area (Å²) in [6.45, 7) is 7.27. The summed E-state index contributed by atoms with van der Waals surface area (Å²) in [5.41, 5.74) is 4.44. The number of anilines is 1.